The molecule has 9 heteroatoms. The van der Waals surface area contributed by atoms with E-state index in [-0.39, 0.29) is 25.0 Å². The quantitative estimate of drug-likeness (QED) is 0.0970. The van der Waals surface area contributed by atoms with Crippen molar-refractivity contribution < 1.29 is 33.5 Å². The molecule has 0 saturated carbocycles. The number of carbonyl (C=O) groups is 3. The number of hydrogen-bond donors (Lipinski definition) is 1. The second-order valence-corrected chi connectivity index (χ2v) is 13.5. The molecule has 0 unspecified atom stereocenters. The molecule has 0 saturated heterocycles. The standard InChI is InChI=1S/C37H41N3O6/c1-35(2,3)26-10-12-30-28(20-26)36(4,5)33(40(30)18-19-45-23-41)15-9-25(22-38)8-14-32-37(6,7)29-21-27(46-24-42)11-13-31(29)39(32)17-16-34(43)44/h8-15,20-21,23-24H,16-19H2,1-7H3/p+1. The fourth-order valence-electron chi connectivity index (χ4n) is 6.27. The molecule has 0 atom stereocenters. The van der Waals surface area contributed by atoms with Crippen molar-refractivity contribution in [2.75, 3.05) is 24.6 Å². The van der Waals surface area contributed by atoms with Crippen LogP contribution in [0.4, 0.5) is 11.4 Å². The van der Waals surface area contributed by atoms with Gasteiger partial charge in [-0.15, -0.1) is 0 Å². The van der Waals surface area contributed by atoms with Gasteiger partial charge in [-0.05, 0) is 66.8 Å². The molecule has 2 aliphatic rings. The van der Waals surface area contributed by atoms with Crippen LogP contribution in [0.5, 0.6) is 5.75 Å². The highest BCUT2D eigenvalue weighted by molar-refractivity contribution is 6.03. The molecule has 0 bridgehead atoms. The summed E-state index contributed by atoms with van der Waals surface area (Å²) in [5.74, 6) is -0.523. The van der Waals surface area contributed by atoms with Crippen molar-refractivity contribution in [2.24, 2.45) is 0 Å². The number of allylic oxidation sites excluding steroid dienone is 6. The van der Waals surface area contributed by atoms with Gasteiger partial charge in [-0.25, -0.2) is 0 Å². The molecule has 0 amide bonds. The van der Waals surface area contributed by atoms with E-state index in [2.05, 4.69) is 63.8 Å². The number of carboxylic acids is 1. The fraction of sp³-hybridized carbons (Fsp3) is 0.378. The number of nitriles is 1. The Morgan fingerprint density at radius 3 is 2.41 bits per heavy atom. The predicted molar refractivity (Wildman–Crippen MR) is 177 cm³/mol. The van der Waals surface area contributed by atoms with E-state index >= 15 is 0 Å². The molecule has 4 rings (SSSR count). The van der Waals surface area contributed by atoms with E-state index in [1.165, 1.54) is 5.56 Å². The molecule has 2 aromatic rings. The van der Waals surface area contributed by atoms with Gasteiger partial charge in [0.05, 0.1) is 23.6 Å². The minimum Gasteiger partial charge on any atom is -0.481 e. The lowest BCUT2D eigenvalue weighted by molar-refractivity contribution is -0.436. The maximum atomic E-state index is 11.5. The molecular weight excluding hydrogens is 582 g/mol. The molecule has 0 aliphatic carbocycles. The summed E-state index contributed by atoms with van der Waals surface area (Å²) < 4.78 is 12.1. The number of carboxylic acid groups (broad SMARTS) is 1. The van der Waals surface area contributed by atoms with Crippen LogP contribution in [0.3, 0.4) is 0 Å². The predicted octanol–water partition coefficient (Wildman–Crippen LogP) is 6.23. The lowest BCUT2D eigenvalue weighted by Gasteiger charge is -2.26. The molecule has 1 N–H and O–H groups in total. The van der Waals surface area contributed by atoms with Gasteiger partial charge in [0.25, 0.3) is 12.9 Å². The topological polar surface area (TPSA) is 120 Å². The first-order chi connectivity index (χ1) is 21.7. The van der Waals surface area contributed by atoms with Crippen LogP contribution in [0, 0.1) is 11.3 Å². The van der Waals surface area contributed by atoms with Gasteiger partial charge in [0.2, 0.25) is 5.69 Å². The second-order valence-electron chi connectivity index (χ2n) is 13.5. The van der Waals surface area contributed by atoms with E-state index < -0.39 is 16.8 Å². The van der Waals surface area contributed by atoms with Gasteiger partial charge >= 0.3 is 5.97 Å². The first kappa shape index (κ1) is 33.9. The maximum absolute atomic E-state index is 11.5. The number of benzene rings is 2. The van der Waals surface area contributed by atoms with E-state index in [9.17, 15) is 24.8 Å². The van der Waals surface area contributed by atoms with Crippen LogP contribution in [0.25, 0.3) is 0 Å². The van der Waals surface area contributed by atoms with Gasteiger partial charge in [-0.3, -0.25) is 14.4 Å². The van der Waals surface area contributed by atoms with Crippen LogP contribution in [0.2, 0.25) is 0 Å². The minimum absolute atomic E-state index is 0.0333. The number of ether oxygens (including phenoxy) is 2. The molecule has 46 heavy (non-hydrogen) atoms. The lowest BCUT2D eigenvalue weighted by Crippen LogP contribution is -2.29. The Morgan fingerprint density at radius 2 is 1.78 bits per heavy atom. The number of nitrogens with zero attached hydrogens (tertiary/aromatic N) is 3. The molecule has 2 aliphatic heterocycles. The summed E-state index contributed by atoms with van der Waals surface area (Å²) in [5.41, 5.74) is 6.32. The molecule has 0 spiro atoms. The highest BCUT2D eigenvalue weighted by Gasteiger charge is 2.45. The average Bonchev–Trinajstić information content (AvgIpc) is 3.33. The third-order valence-corrected chi connectivity index (χ3v) is 8.83. The van der Waals surface area contributed by atoms with Crippen molar-refractivity contribution in [2.45, 2.75) is 71.1 Å². The molecule has 240 valence electrons. The summed E-state index contributed by atoms with van der Waals surface area (Å²) in [6, 6.07) is 14.1. The number of hydrogen-bond acceptors (Lipinski definition) is 7. The smallest absolute Gasteiger partial charge is 0.309 e. The summed E-state index contributed by atoms with van der Waals surface area (Å²) in [7, 11) is 0. The third kappa shape index (κ3) is 6.66. The Labute approximate surface area is 270 Å². The van der Waals surface area contributed by atoms with E-state index in [0.29, 0.717) is 30.8 Å². The van der Waals surface area contributed by atoms with Gasteiger partial charge < -0.3 is 19.5 Å². The summed E-state index contributed by atoms with van der Waals surface area (Å²) >= 11 is 0. The normalized spacial score (nSPS) is 17.6. The van der Waals surface area contributed by atoms with Crippen LogP contribution in [-0.4, -0.2) is 54.0 Å². The van der Waals surface area contributed by atoms with Gasteiger partial charge in [0, 0.05) is 34.5 Å². The van der Waals surface area contributed by atoms with Crippen molar-refractivity contribution in [1.82, 2.24) is 0 Å². The summed E-state index contributed by atoms with van der Waals surface area (Å²) in [6.07, 6.45) is 7.25. The maximum Gasteiger partial charge on any atom is 0.309 e. The van der Waals surface area contributed by atoms with Crippen molar-refractivity contribution >= 4 is 36.0 Å². The van der Waals surface area contributed by atoms with Gasteiger partial charge in [0.15, 0.2) is 12.3 Å². The molecule has 2 heterocycles. The van der Waals surface area contributed by atoms with E-state index in [4.69, 9.17) is 9.47 Å². The Morgan fingerprint density at radius 1 is 1.04 bits per heavy atom. The van der Waals surface area contributed by atoms with Gasteiger partial charge in [0.1, 0.15) is 18.8 Å². The Bertz CT molecular complexity index is 1710. The van der Waals surface area contributed by atoms with Gasteiger partial charge in [-0.2, -0.15) is 9.84 Å². The summed E-state index contributed by atoms with van der Waals surface area (Å²) in [5, 5.41) is 19.6. The SMILES string of the molecule is CC(C)(C)c1ccc2c(c1)C(C)(C)\C(=C/C=C(C#N)/C=C/C1=[N+](CCC(=O)O)c3ccc(OC=O)cc3C1(C)C)N2CCOC=O. The molecular formula is C37H42N3O6+. The molecule has 2 aromatic carbocycles. The monoisotopic (exact) mass is 624 g/mol. The van der Waals surface area contributed by atoms with E-state index in [1.807, 2.05) is 36.6 Å². The van der Waals surface area contributed by atoms with Crippen molar-refractivity contribution in [1.29, 1.82) is 5.26 Å². The molecule has 0 aromatic heterocycles. The van der Waals surface area contributed by atoms with E-state index in [0.717, 1.165) is 33.9 Å². The highest BCUT2D eigenvalue weighted by atomic mass is 16.5. The Kier molecular flexibility index (Phi) is 9.71. The Hall–Kier alpha value is -4.97. The number of anilines is 1. The van der Waals surface area contributed by atoms with Crippen molar-refractivity contribution in [3.8, 4) is 11.8 Å². The van der Waals surface area contributed by atoms with Crippen LogP contribution in [0.1, 0.15) is 71.6 Å². The lowest BCUT2D eigenvalue weighted by atomic mass is 9.79. The number of rotatable bonds is 12. The third-order valence-electron chi connectivity index (χ3n) is 8.83. The molecule has 9 nitrogen and oxygen atoms in total. The van der Waals surface area contributed by atoms with Gasteiger partial charge in [-0.1, -0.05) is 46.8 Å². The van der Waals surface area contributed by atoms with Crippen LogP contribution in [0.15, 0.2) is 72.0 Å². The largest absolute Gasteiger partial charge is 0.481 e. The second kappa shape index (κ2) is 13.2. The average molecular weight is 625 g/mol. The zero-order chi connectivity index (χ0) is 33.9. The van der Waals surface area contributed by atoms with E-state index in [1.54, 1.807) is 24.3 Å². The number of fused-ring (bicyclic) bond motifs is 2. The zero-order valence-electron chi connectivity index (χ0n) is 27.6. The summed E-state index contributed by atoms with van der Waals surface area (Å²) in [4.78, 5) is 35.5. The number of carbonyl (C=O) groups excluding carboxylic acids is 2. The summed E-state index contributed by atoms with van der Waals surface area (Å²) in [6.45, 7) is 16.6. The number of aliphatic carboxylic acids is 1. The minimum atomic E-state index is -0.919. The van der Waals surface area contributed by atoms with Crippen LogP contribution >= 0.6 is 0 Å². The molecule has 0 fully saturated rings. The van der Waals surface area contributed by atoms with Crippen LogP contribution < -0.4 is 9.64 Å². The first-order valence-electron chi connectivity index (χ1n) is 15.3. The first-order valence-corrected chi connectivity index (χ1v) is 15.3. The highest BCUT2D eigenvalue weighted by Crippen LogP contribution is 2.49. The Balaban J connectivity index is 1.76. The molecule has 0 radical (unpaired) electrons. The van der Waals surface area contributed by atoms with Crippen molar-refractivity contribution in [3.05, 3.63) is 88.7 Å². The fourth-order valence-corrected chi connectivity index (χ4v) is 6.27. The van der Waals surface area contributed by atoms with Crippen LogP contribution in [-0.2, 0) is 35.4 Å². The zero-order valence-corrected chi connectivity index (χ0v) is 27.6. The van der Waals surface area contributed by atoms with Crippen molar-refractivity contribution in [3.63, 3.8) is 0 Å².